The summed E-state index contributed by atoms with van der Waals surface area (Å²) in [6.07, 6.45) is 0.984. The highest BCUT2D eigenvalue weighted by Gasteiger charge is 2.24. The first-order valence-corrected chi connectivity index (χ1v) is 6.63. The minimum absolute atomic E-state index is 0.282. The Kier molecular flexibility index (Phi) is 6.12. The number of hydrogen-bond acceptors (Lipinski definition) is 4. The van der Waals surface area contributed by atoms with Gasteiger partial charge in [-0.05, 0) is 39.0 Å². The molecule has 0 spiro atoms. The van der Waals surface area contributed by atoms with Crippen LogP contribution in [0.25, 0.3) is 0 Å². The van der Waals surface area contributed by atoms with Crippen LogP contribution in [0.3, 0.4) is 0 Å². The highest BCUT2D eigenvalue weighted by Crippen LogP contribution is 2.36. The van der Waals surface area contributed by atoms with Crippen molar-refractivity contribution in [3.8, 4) is 11.5 Å². The molecule has 2 atom stereocenters. The second kappa shape index (κ2) is 7.36. The predicted molar refractivity (Wildman–Crippen MR) is 78.8 cm³/mol. The molecule has 4 nitrogen and oxygen atoms in total. The van der Waals surface area contributed by atoms with Gasteiger partial charge in [0.15, 0.2) is 0 Å². The molecule has 0 aliphatic heterocycles. The highest BCUT2D eigenvalue weighted by atomic mass is 16.5. The molecule has 2 unspecified atom stereocenters. The lowest BCUT2D eigenvalue weighted by atomic mass is 9.90. The van der Waals surface area contributed by atoms with Crippen LogP contribution in [-0.2, 0) is 0 Å². The van der Waals surface area contributed by atoms with Crippen LogP contribution in [0.15, 0.2) is 18.2 Å². The first-order valence-electron chi connectivity index (χ1n) is 6.63. The van der Waals surface area contributed by atoms with Gasteiger partial charge in [-0.1, -0.05) is 13.0 Å². The Balaban J connectivity index is 3.14. The van der Waals surface area contributed by atoms with E-state index in [1.165, 1.54) is 5.56 Å². The summed E-state index contributed by atoms with van der Waals surface area (Å²) < 4.78 is 10.8. The van der Waals surface area contributed by atoms with Crippen LogP contribution < -0.4 is 15.2 Å². The second-order valence-corrected chi connectivity index (χ2v) is 5.07. The number of methoxy groups -OCH3 is 2. The quantitative estimate of drug-likeness (QED) is 0.822. The van der Waals surface area contributed by atoms with Crippen molar-refractivity contribution in [2.24, 2.45) is 11.7 Å². The van der Waals surface area contributed by atoms with Gasteiger partial charge in [-0.2, -0.15) is 0 Å². The van der Waals surface area contributed by atoms with E-state index < -0.39 is 0 Å². The van der Waals surface area contributed by atoms with E-state index >= 15 is 0 Å². The van der Waals surface area contributed by atoms with E-state index in [1.807, 2.05) is 12.1 Å². The van der Waals surface area contributed by atoms with Crippen LogP contribution in [0.2, 0.25) is 0 Å². The fourth-order valence-electron chi connectivity index (χ4n) is 2.58. The summed E-state index contributed by atoms with van der Waals surface area (Å²) in [4.78, 5) is 2.21. The van der Waals surface area contributed by atoms with Crippen LogP contribution in [0.4, 0.5) is 0 Å². The van der Waals surface area contributed by atoms with Crippen molar-refractivity contribution >= 4 is 0 Å². The molecule has 0 bridgehead atoms. The maximum atomic E-state index is 5.69. The molecule has 4 heteroatoms. The van der Waals surface area contributed by atoms with Crippen molar-refractivity contribution in [1.82, 2.24) is 4.90 Å². The first kappa shape index (κ1) is 15.8. The summed E-state index contributed by atoms with van der Waals surface area (Å²) in [5.74, 6) is 2.13. The normalized spacial score (nSPS) is 14.3. The molecule has 0 radical (unpaired) electrons. The van der Waals surface area contributed by atoms with Crippen molar-refractivity contribution in [3.05, 3.63) is 23.8 Å². The van der Waals surface area contributed by atoms with Crippen LogP contribution in [-0.4, -0.2) is 39.8 Å². The minimum atomic E-state index is 0.282. The largest absolute Gasteiger partial charge is 0.497 e. The van der Waals surface area contributed by atoms with Crippen molar-refractivity contribution in [1.29, 1.82) is 0 Å². The molecular weight excluding hydrogens is 240 g/mol. The average Bonchev–Trinajstić information content (AvgIpc) is 2.39. The van der Waals surface area contributed by atoms with Gasteiger partial charge in [0.05, 0.1) is 14.2 Å². The van der Waals surface area contributed by atoms with Gasteiger partial charge in [0.25, 0.3) is 0 Å². The molecule has 1 aromatic rings. The molecular formula is C15H26N2O2. The maximum Gasteiger partial charge on any atom is 0.127 e. The summed E-state index contributed by atoms with van der Waals surface area (Å²) in [5.41, 5.74) is 6.87. The second-order valence-electron chi connectivity index (χ2n) is 5.07. The van der Waals surface area contributed by atoms with E-state index in [0.29, 0.717) is 12.5 Å². The molecule has 0 saturated carbocycles. The van der Waals surface area contributed by atoms with Crippen LogP contribution in [0.5, 0.6) is 11.5 Å². The number of nitrogens with two attached hydrogens (primary N) is 1. The van der Waals surface area contributed by atoms with Crippen LogP contribution in [0.1, 0.15) is 24.9 Å². The highest BCUT2D eigenvalue weighted by molar-refractivity contribution is 5.42. The zero-order valence-corrected chi connectivity index (χ0v) is 12.6. The molecule has 1 aromatic carbocycles. The van der Waals surface area contributed by atoms with Gasteiger partial charge in [0.1, 0.15) is 11.5 Å². The van der Waals surface area contributed by atoms with Gasteiger partial charge in [0, 0.05) is 17.7 Å². The smallest absolute Gasteiger partial charge is 0.127 e. The molecule has 0 amide bonds. The van der Waals surface area contributed by atoms with Gasteiger partial charge >= 0.3 is 0 Å². The number of rotatable bonds is 7. The Morgan fingerprint density at radius 2 is 1.89 bits per heavy atom. The third-order valence-electron chi connectivity index (χ3n) is 3.48. The van der Waals surface area contributed by atoms with Crippen molar-refractivity contribution in [2.45, 2.75) is 19.4 Å². The van der Waals surface area contributed by atoms with E-state index in [2.05, 4.69) is 32.0 Å². The third kappa shape index (κ3) is 3.85. The predicted octanol–water partition coefficient (Wildman–Crippen LogP) is 2.29. The topological polar surface area (TPSA) is 47.7 Å². The SMILES string of the molecule is COc1ccc(C(C(C)CCN)N(C)C)c(OC)c1. The number of hydrogen-bond donors (Lipinski definition) is 1. The Hall–Kier alpha value is -1.26. The maximum absolute atomic E-state index is 5.69. The van der Waals surface area contributed by atoms with Crippen molar-refractivity contribution < 1.29 is 9.47 Å². The van der Waals surface area contributed by atoms with E-state index in [4.69, 9.17) is 15.2 Å². The molecule has 0 aliphatic carbocycles. The molecule has 1 rings (SSSR count). The van der Waals surface area contributed by atoms with Gasteiger partial charge in [-0.3, -0.25) is 0 Å². The summed E-state index contributed by atoms with van der Waals surface area (Å²) in [5, 5.41) is 0. The molecule has 0 fully saturated rings. The summed E-state index contributed by atoms with van der Waals surface area (Å²) >= 11 is 0. The fraction of sp³-hybridized carbons (Fsp3) is 0.600. The van der Waals surface area contributed by atoms with Crippen molar-refractivity contribution in [3.63, 3.8) is 0 Å². The Bertz CT molecular complexity index is 394. The first-order chi connectivity index (χ1) is 9.04. The van der Waals surface area contributed by atoms with E-state index in [1.54, 1.807) is 14.2 Å². The monoisotopic (exact) mass is 266 g/mol. The molecule has 108 valence electrons. The molecule has 0 heterocycles. The molecule has 0 aliphatic rings. The van der Waals surface area contributed by atoms with Gasteiger partial charge in [-0.15, -0.1) is 0 Å². The van der Waals surface area contributed by atoms with Crippen molar-refractivity contribution in [2.75, 3.05) is 34.9 Å². The number of ether oxygens (including phenoxy) is 2. The van der Waals surface area contributed by atoms with Gasteiger partial charge in [-0.25, -0.2) is 0 Å². The van der Waals surface area contributed by atoms with Gasteiger partial charge in [0.2, 0.25) is 0 Å². The molecule has 0 saturated heterocycles. The Labute approximate surface area is 116 Å². The summed E-state index contributed by atoms with van der Waals surface area (Å²) in [6.45, 7) is 2.92. The average molecular weight is 266 g/mol. The number of benzene rings is 1. The molecule has 19 heavy (non-hydrogen) atoms. The van der Waals surface area contributed by atoms with Crippen LogP contribution >= 0.6 is 0 Å². The van der Waals surface area contributed by atoms with Gasteiger partial charge < -0.3 is 20.1 Å². The van der Waals surface area contributed by atoms with E-state index in [-0.39, 0.29) is 6.04 Å². The van der Waals surface area contributed by atoms with E-state index in [0.717, 1.165) is 17.9 Å². The summed E-state index contributed by atoms with van der Waals surface area (Å²) in [7, 11) is 7.52. The Morgan fingerprint density at radius 1 is 1.21 bits per heavy atom. The lowest BCUT2D eigenvalue weighted by molar-refractivity contribution is 0.211. The number of nitrogens with zero attached hydrogens (tertiary/aromatic N) is 1. The lowest BCUT2D eigenvalue weighted by Crippen LogP contribution is -2.27. The van der Waals surface area contributed by atoms with Crippen LogP contribution in [0, 0.1) is 5.92 Å². The minimum Gasteiger partial charge on any atom is -0.497 e. The zero-order valence-electron chi connectivity index (χ0n) is 12.6. The third-order valence-corrected chi connectivity index (χ3v) is 3.48. The molecule has 2 N–H and O–H groups in total. The Morgan fingerprint density at radius 3 is 2.37 bits per heavy atom. The summed E-state index contributed by atoms with van der Waals surface area (Å²) in [6, 6.07) is 6.27. The zero-order chi connectivity index (χ0) is 14.4. The standard InChI is InChI=1S/C15H26N2O2/c1-11(8-9-16)15(17(2)3)13-7-6-12(18-4)10-14(13)19-5/h6-7,10-11,15H,8-9,16H2,1-5H3. The fourth-order valence-corrected chi connectivity index (χ4v) is 2.58. The van der Waals surface area contributed by atoms with E-state index in [9.17, 15) is 0 Å². The molecule has 0 aromatic heterocycles. The lowest BCUT2D eigenvalue weighted by Gasteiger charge is -2.31.